The number of esters is 2. The van der Waals surface area contributed by atoms with Gasteiger partial charge in [0.1, 0.15) is 0 Å². The SMILES string of the molecule is Nc1nc(CCc2ccc(C(=O)OC(=O)C[C@@H](N)NS(=O)(=O)c3ccccc3)cc2)cs1. The molecule has 11 heteroatoms. The molecular formula is C21H22N4O5S2. The zero-order valence-corrected chi connectivity index (χ0v) is 18.6. The molecule has 0 aliphatic heterocycles. The Kier molecular flexibility index (Phi) is 7.70. The Hall–Kier alpha value is -3.12. The molecule has 168 valence electrons. The van der Waals surface area contributed by atoms with Gasteiger partial charge in [0.25, 0.3) is 0 Å². The summed E-state index contributed by atoms with van der Waals surface area (Å²) < 4.78 is 31.4. The highest BCUT2D eigenvalue weighted by Gasteiger charge is 2.21. The zero-order valence-electron chi connectivity index (χ0n) is 16.9. The second-order valence-electron chi connectivity index (χ2n) is 6.88. The van der Waals surface area contributed by atoms with Gasteiger partial charge in [0, 0.05) is 5.38 Å². The highest BCUT2D eigenvalue weighted by molar-refractivity contribution is 7.89. The number of carbonyl (C=O) groups excluding carboxylic acids is 2. The third kappa shape index (κ3) is 6.69. The summed E-state index contributed by atoms with van der Waals surface area (Å²) in [5, 5.41) is 2.42. The molecule has 0 bridgehead atoms. The van der Waals surface area contributed by atoms with Crippen molar-refractivity contribution in [3.63, 3.8) is 0 Å². The van der Waals surface area contributed by atoms with E-state index in [1.54, 1.807) is 42.5 Å². The van der Waals surface area contributed by atoms with E-state index in [9.17, 15) is 18.0 Å². The van der Waals surface area contributed by atoms with Crippen LogP contribution in [0.2, 0.25) is 0 Å². The lowest BCUT2D eigenvalue weighted by Crippen LogP contribution is -2.43. The smallest absolute Gasteiger partial charge is 0.345 e. The number of ether oxygens (including phenoxy) is 1. The molecular weight excluding hydrogens is 452 g/mol. The molecule has 5 N–H and O–H groups in total. The average Bonchev–Trinajstić information content (AvgIpc) is 3.17. The van der Waals surface area contributed by atoms with Crippen molar-refractivity contribution in [2.45, 2.75) is 30.3 Å². The summed E-state index contributed by atoms with van der Waals surface area (Å²) in [7, 11) is -3.89. The number of hydrogen-bond acceptors (Lipinski definition) is 9. The van der Waals surface area contributed by atoms with Gasteiger partial charge in [-0.1, -0.05) is 30.3 Å². The Morgan fingerprint density at radius 3 is 2.38 bits per heavy atom. The van der Waals surface area contributed by atoms with Gasteiger partial charge in [-0.25, -0.2) is 18.2 Å². The maximum atomic E-state index is 12.2. The van der Waals surface area contributed by atoms with Crippen LogP contribution in [0.5, 0.6) is 0 Å². The van der Waals surface area contributed by atoms with Crippen molar-refractivity contribution in [3.8, 4) is 0 Å². The number of nitrogens with two attached hydrogens (primary N) is 2. The molecule has 32 heavy (non-hydrogen) atoms. The van der Waals surface area contributed by atoms with Gasteiger partial charge in [-0.05, 0) is 42.7 Å². The van der Waals surface area contributed by atoms with Crippen molar-refractivity contribution in [2.75, 3.05) is 5.73 Å². The molecule has 3 rings (SSSR count). The Balaban J connectivity index is 1.48. The van der Waals surface area contributed by atoms with Crippen molar-refractivity contribution in [1.29, 1.82) is 0 Å². The minimum absolute atomic E-state index is 0.0123. The Morgan fingerprint density at radius 2 is 1.75 bits per heavy atom. The lowest BCUT2D eigenvalue weighted by atomic mass is 10.1. The van der Waals surface area contributed by atoms with Gasteiger partial charge in [0.2, 0.25) is 10.0 Å². The van der Waals surface area contributed by atoms with E-state index in [-0.39, 0.29) is 10.5 Å². The minimum atomic E-state index is -3.89. The number of thiazole rings is 1. The molecule has 1 atom stereocenters. The molecule has 0 spiro atoms. The van der Waals surface area contributed by atoms with Crippen molar-refractivity contribution in [1.82, 2.24) is 9.71 Å². The summed E-state index contributed by atoms with van der Waals surface area (Å²) in [6, 6.07) is 14.2. The standard InChI is InChI=1S/C21H22N4O5S2/c22-18(25-32(28,29)17-4-2-1-3-5-17)12-19(26)30-20(27)15-9-6-14(7-10-15)8-11-16-13-31-21(23)24-16/h1-7,9-10,13,18,25H,8,11-12,22H2,(H2,23,24)/t18-/m0/s1. The van der Waals surface area contributed by atoms with Crippen LogP contribution in [-0.2, 0) is 32.4 Å². The molecule has 0 radical (unpaired) electrons. The predicted octanol–water partition coefficient (Wildman–Crippen LogP) is 1.85. The number of hydrogen-bond donors (Lipinski definition) is 3. The maximum Gasteiger partial charge on any atom is 0.345 e. The van der Waals surface area contributed by atoms with Gasteiger partial charge >= 0.3 is 11.9 Å². The fourth-order valence-electron chi connectivity index (χ4n) is 2.81. The molecule has 0 saturated carbocycles. The topological polar surface area (TPSA) is 154 Å². The van der Waals surface area contributed by atoms with Gasteiger partial charge < -0.3 is 16.2 Å². The normalized spacial score (nSPS) is 12.3. The predicted molar refractivity (Wildman–Crippen MR) is 120 cm³/mol. The quantitative estimate of drug-likeness (QED) is 0.241. The highest BCUT2D eigenvalue weighted by Crippen LogP contribution is 2.14. The largest absolute Gasteiger partial charge is 0.389 e. The number of benzene rings is 2. The Bertz CT molecular complexity index is 1180. The van der Waals surface area contributed by atoms with Crippen LogP contribution in [-0.4, -0.2) is 31.5 Å². The molecule has 2 aromatic carbocycles. The number of sulfonamides is 1. The lowest BCUT2D eigenvalue weighted by Gasteiger charge is -2.13. The molecule has 0 aliphatic carbocycles. The van der Waals surface area contributed by atoms with Crippen LogP contribution < -0.4 is 16.2 Å². The van der Waals surface area contributed by atoms with E-state index in [0.29, 0.717) is 18.0 Å². The summed E-state index contributed by atoms with van der Waals surface area (Å²) in [4.78, 5) is 28.4. The molecule has 9 nitrogen and oxygen atoms in total. The van der Waals surface area contributed by atoms with E-state index in [4.69, 9.17) is 16.2 Å². The van der Waals surface area contributed by atoms with Crippen molar-refractivity contribution < 1.29 is 22.7 Å². The number of anilines is 1. The number of aromatic nitrogens is 1. The molecule has 0 fully saturated rings. The molecule has 0 aliphatic rings. The first-order valence-electron chi connectivity index (χ1n) is 9.60. The van der Waals surface area contributed by atoms with Crippen LogP contribution in [0.3, 0.4) is 0 Å². The van der Waals surface area contributed by atoms with Crippen LogP contribution in [0.25, 0.3) is 0 Å². The lowest BCUT2D eigenvalue weighted by molar-refractivity contribution is -0.138. The fourth-order valence-corrected chi connectivity index (χ4v) is 4.54. The van der Waals surface area contributed by atoms with Crippen LogP contribution in [0.1, 0.15) is 28.0 Å². The molecule has 1 aromatic heterocycles. The molecule has 0 amide bonds. The molecule has 3 aromatic rings. The van der Waals surface area contributed by atoms with Gasteiger partial charge in [-0.3, -0.25) is 4.79 Å². The van der Waals surface area contributed by atoms with E-state index in [1.807, 2.05) is 5.38 Å². The Morgan fingerprint density at radius 1 is 1.06 bits per heavy atom. The summed E-state index contributed by atoms with van der Waals surface area (Å²) >= 11 is 1.38. The van der Waals surface area contributed by atoms with Crippen molar-refractivity contribution in [3.05, 3.63) is 76.8 Å². The van der Waals surface area contributed by atoms with Crippen LogP contribution in [0.4, 0.5) is 5.13 Å². The second kappa shape index (κ2) is 10.5. The van der Waals surface area contributed by atoms with Crippen molar-refractivity contribution >= 4 is 38.4 Å². The van der Waals surface area contributed by atoms with E-state index in [1.165, 1.54) is 23.5 Å². The number of carbonyl (C=O) groups is 2. The number of rotatable bonds is 9. The second-order valence-corrected chi connectivity index (χ2v) is 9.48. The van der Waals surface area contributed by atoms with E-state index in [2.05, 4.69) is 9.71 Å². The highest BCUT2D eigenvalue weighted by atomic mass is 32.2. The van der Waals surface area contributed by atoms with Crippen LogP contribution in [0.15, 0.2) is 64.9 Å². The van der Waals surface area contributed by atoms with Crippen LogP contribution in [0, 0.1) is 0 Å². The third-order valence-corrected chi connectivity index (χ3v) is 6.61. The summed E-state index contributed by atoms with van der Waals surface area (Å²) in [6.45, 7) is 0. The monoisotopic (exact) mass is 474 g/mol. The van der Waals surface area contributed by atoms with Gasteiger partial charge in [-0.2, -0.15) is 4.72 Å². The number of nitrogens with one attached hydrogen (secondary N) is 1. The fraction of sp³-hybridized carbons (Fsp3) is 0.190. The van der Waals surface area contributed by atoms with Gasteiger partial charge in [-0.15, -0.1) is 11.3 Å². The first kappa shape index (κ1) is 23.5. The van der Waals surface area contributed by atoms with Gasteiger partial charge in [0.15, 0.2) is 5.13 Å². The first-order chi connectivity index (χ1) is 15.2. The van der Waals surface area contributed by atoms with E-state index < -0.39 is 34.5 Å². The number of aryl methyl sites for hydroxylation is 2. The van der Waals surface area contributed by atoms with Gasteiger partial charge in [0.05, 0.1) is 28.7 Å². The minimum Gasteiger partial charge on any atom is -0.389 e. The van der Waals surface area contributed by atoms with E-state index in [0.717, 1.165) is 11.3 Å². The zero-order chi connectivity index (χ0) is 23.1. The van der Waals surface area contributed by atoms with Crippen molar-refractivity contribution in [2.24, 2.45) is 5.73 Å². The van der Waals surface area contributed by atoms with Crippen LogP contribution >= 0.6 is 11.3 Å². The molecule has 0 saturated heterocycles. The first-order valence-corrected chi connectivity index (χ1v) is 12.0. The molecule has 0 unspecified atom stereocenters. The molecule has 1 heterocycles. The summed E-state index contributed by atoms with van der Waals surface area (Å²) in [5.74, 6) is -1.78. The van der Waals surface area contributed by atoms with E-state index >= 15 is 0 Å². The average molecular weight is 475 g/mol. The summed E-state index contributed by atoms with van der Waals surface area (Å²) in [5.41, 5.74) is 13.4. The number of nitrogen functional groups attached to an aromatic ring is 1. The third-order valence-electron chi connectivity index (χ3n) is 4.38. The summed E-state index contributed by atoms with van der Waals surface area (Å²) in [6.07, 6.45) is -0.324. The number of nitrogens with zero attached hydrogens (tertiary/aromatic N) is 1. The Labute approximate surface area is 189 Å². The maximum absolute atomic E-state index is 12.2.